The number of hydrogen-bond acceptors (Lipinski definition) is 5. The number of nitrogens with two attached hydrogens (primary N) is 1. The second-order valence-corrected chi connectivity index (χ2v) is 5.77. The SMILES string of the molecule is Cn1cc(C(=O)N2CCOC(CCc3ccnc(N)c3)C2)cn1. The van der Waals surface area contributed by atoms with Gasteiger partial charge in [-0.05, 0) is 30.5 Å². The maximum absolute atomic E-state index is 12.5. The van der Waals surface area contributed by atoms with Crippen molar-refractivity contribution in [2.45, 2.75) is 18.9 Å². The van der Waals surface area contributed by atoms with Crippen LogP contribution in [0.2, 0.25) is 0 Å². The van der Waals surface area contributed by atoms with E-state index in [1.54, 1.807) is 30.3 Å². The summed E-state index contributed by atoms with van der Waals surface area (Å²) in [4.78, 5) is 18.3. The Kier molecular flexibility index (Phi) is 4.57. The minimum absolute atomic E-state index is 0.0135. The Labute approximate surface area is 135 Å². The molecule has 0 spiro atoms. The molecule has 0 radical (unpaired) electrons. The van der Waals surface area contributed by atoms with Gasteiger partial charge in [0.25, 0.3) is 5.91 Å². The number of rotatable bonds is 4. The molecule has 0 saturated carbocycles. The summed E-state index contributed by atoms with van der Waals surface area (Å²) in [5.41, 5.74) is 7.45. The molecule has 3 rings (SSSR count). The third-order valence-electron chi connectivity index (χ3n) is 3.98. The molecule has 23 heavy (non-hydrogen) atoms. The Morgan fingerprint density at radius 2 is 2.39 bits per heavy atom. The summed E-state index contributed by atoms with van der Waals surface area (Å²) >= 11 is 0. The number of aromatic nitrogens is 3. The van der Waals surface area contributed by atoms with Gasteiger partial charge in [-0.1, -0.05) is 0 Å². The molecule has 122 valence electrons. The highest BCUT2D eigenvalue weighted by Gasteiger charge is 2.25. The van der Waals surface area contributed by atoms with E-state index >= 15 is 0 Å². The van der Waals surface area contributed by atoms with E-state index in [0.717, 1.165) is 18.4 Å². The first-order chi connectivity index (χ1) is 11.1. The molecule has 1 unspecified atom stereocenters. The quantitative estimate of drug-likeness (QED) is 0.905. The predicted molar refractivity (Wildman–Crippen MR) is 85.8 cm³/mol. The van der Waals surface area contributed by atoms with E-state index in [0.29, 0.717) is 31.1 Å². The molecule has 7 nitrogen and oxygen atoms in total. The van der Waals surface area contributed by atoms with Crippen LogP contribution in [0.4, 0.5) is 5.82 Å². The molecular weight excluding hydrogens is 294 g/mol. The molecule has 1 amide bonds. The highest BCUT2D eigenvalue weighted by molar-refractivity contribution is 5.93. The zero-order chi connectivity index (χ0) is 16.2. The van der Waals surface area contributed by atoms with Crippen LogP contribution in [0.5, 0.6) is 0 Å². The van der Waals surface area contributed by atoms with Crippen molar-refractivity contribution in [3.05, 3.63) is 41.9 Å². The minimum Gasteiger partial charge on any atom is -0.384 e. The second-order valence-electron chi connectivity index (χ2n) is 5.77. The minimum atomic E-state index is 0.0135. The molecule has 2 aromatic heterocycles. The third-order valence-corrected chi connectivity index (χ3v) is 3.98. The summed E-state index contributed by atoms with van der Waals surface area (Å²) < 4.78 is 7.43. The molecular formula is C16H21N5O2. The fraction of sp³-hybridized carbons (Fsp3) is 0.438. The van der Waals surface area contributed by atoms with Crippen LogP contribution in [0.1, 0.15) is 22.3 Å². The zero-order valence-electron chi connectivity index (χ0n) is 13.2. The lowest BCUT2D eigenvalue weighted by Crippen LogP contribution is -2.45. The van der Waals surface area contributed by atoms with Crippen molar-refractivity contribution in [2.75, 3.05) is 25.4 Å². The summed E-state index contributed by atoms with van der Waals surface area (Å²) in [5, 5.41) is 4.06. The fourth-order valence-corrected chi connectivity index (χ4v) is 2.77. The number of ether oxygens (including phenoxy) is 1. The number of anilines is 1. The van der Waals surface area contributed by atoms with Gasteiger partial charge in [0.05, 0.1) is 24.5 Å². The normalized spacial score (nSPS) is 18.1. The van der Waals surface area contributed by atoms with Gasteiger partial charge in [0.15, 0.2) is 0 Å². The molecule has 2 N–H and O–H groups in total. The van der Waals surface area contributed by atoms with Crippen LogP contribution in [0.15, 0.2) is 30.7 Å². The standard InChI is InChI=1S/C16H21N5O2/c1-20-10-13(9-19-20)16(22)21-6-7-23-14(11-21)3-2-12-4-5-18-15(17)8-12/h4-5,8-10,14H,2-3,6-7,11H2,1H3,(H2,17,18). The zero-order valence-corrected chi connectivity index (χ0v) is 13.2. The van der Waals surface area contributed by atoms with Gasteiger partial charge in [0, 0.05) is 32.5 Å². The summed E-state index contributed by atoms with van der Waals surface area (Å²) in [7, 11) is 1.80. The average Bonchev–Trinajstić information content (AvgIpc) is 2.99. The number of morpholine rings is 1. The fourth-order valence-electron chi connectivity index (χ4n) is 2.77. The van der Waals surface area contributed by atoms with Crippen molar-refractivity contribution in [1.29, 1.82) is 0 Å². The van der Waals surface area contributed by atoms with Gasteiger partial charge in [-0.15, -0.1) is 0 Å². The highest BCUT2D eigenvalue weighted by Crippen LogP contribution is 2.15. The summed E-state index contributed by atoms with van der Waals surface area (Å²) in [5.74, 6) is 0.542. The van der Waals surface area contributed by atoms with Crippen LogP contribution < -0.4 is 5.73 Å². The number of pyridine rings is 1. The maximum Gasteiger partial charge on any atom is 0.257 e. The molecule has 1 fully saturated rings. The van der Waals surface area contributed by atoms with Crippen molar-refractivity contribution in [3.8, 4) is 0 Å². The first-order valence-electron chi connectivity index (χ1n) is 7.72. The van der Waals surface area contributed by atoms with Crippen LogP contribution in [0.3, 0.4) is 0 Å². The van der Waals surface area contributed by atoms with E-state index in [-0.39, 0.29) is 12.0 Å². The lowest BCUT2D eigenvalue weighted by atomic mass is 10.1. The molecule has 0 aromatic carbocycles. The number of hydrogen-bond donors (Lipinski definition) is 1. The molecule has 1 saturated heterocycles. The summed E-state index contributed by atoms with van der Waals surface area (Å²) in [6.07, 6.45) is 6.80. The molecule has 1 aliphatic heterocycles. The van der Waals surface area contributed by atoms with E-state index in [4.69, 9.17) is 10.5 Å². The van der Waals surface area contributed by atoms with Crippen molar-refractivity contribution in [2.24, 2.45) is 7.05 Å². The second kappa shape index (κ2) is 6.78. The van der Waals surface area contributed by atoms with Crippen LogP contribution >= 0.6 is 0 Å². The van der Waals surface area contributed by atoms with Gasteiger partial charge in [-0.25, -0.2) is 4.98 Å². The van der Waals surface area contributed by atoms with Crippen molar-refractivity contribution in [1.82, 2.24) is 19.7 Å². The Morgan fingerprint density at radius 1 is 1.52 bits per heavy atom. The number of carbonyl (C=O) groups excluding carboxylic acids is 1. The molecule has 1 atom stereocenters. The van der Waals surface area contributed by atoms with Crippen LogP contribution in [-0.4, -0.2) is 51.4 Å². The Bertz CT molecular complexity index is 685. The highest BCUT2D eigenvalue weighted by atomic mass is 16.5. The van der Waals surface area contributed by atoms with Gasteiger partial charge < -0.3 is 15.4 Å². The first kappa shape index (κ1) is 15.5. The Morgan fingerprint density at radius 3 is 3.13 bits per heavy atom. The lowest BCUT2D eigenvalue weighted by Gasteiger charge is -2.32. The van der Waals surface area contributed by atoms with Gasteiger partial charge in [0.2, 0.25) is 0 Å². The van der Waals surface area contributed by atoms with Gasteiger partial charge in [0.1, 0.15) is 5.82 Å². The van der Waals surface area contributed by atoms with Gasteiger partial charge >= 0.3 is 0 Å². The number of nitrogens with zero attached hydrogens (tertiary/aromatic N) is 4. The van der Waals surface area contributed by atoms with E-state index < -0.39 is 0 Å². The van der Waals surface area contributed by atoms with E-state index in [1.165, 1.54) is 0 Å². The average molecular weight is 315 g/mol. The summed E-state index contributed by atoms with van der Waals surface area (Å²) in [6, 6.07) is 3.83. The van der Waals surface area contributed by atoms with Crippen molar-refractivity contribution in [3.63, 3.8) is 0 Å². The smallest absolute Gasteiger partial charge is 0.257 e. The molecule has 1 aliphatic rings. The van der Waals surface area contributed by atoms with Crippen LogP contribution in [0.25, 0.3) is 0 Å². The number of nitrogen functional groups attached to an aromatic ring is 1. The molecule has 3 heterocycles. The summed E-state index contributed by atoms with van der Waals surface area (Å²) in [6.45, 7) is 1.79. The topological polar surface area (TPSA) is 86.3 Å². The molecule has 7 heteroatoms. The third kappa shape index (κ3) is 3.87. The molecule has 2 aromatic rings. The van der Waals surface area contributed by atoms with Crippen LogP contribution in [-0.2, 0) is 18.2 Å². The maximum atomic E-state index is 12.5. The molecule has 0 bridgehead atoms. The predicted octanol–water partition coefficient (Wildman–Crippen LogP) is 0.871. The van der Waals surface area contributed by atoms with E-state index in [9.17, 15) is 4.79 Å². The largest absolute Gasteiger partial charge is 0.384 e. The first-order valence-corrected chi connectivity index (χ1v) is 7.72. The monoisotopic (exact) mass is 315 g/mol. The van der Waals surface area contributed by atoms with Gasteiger partial charge in [-0.3, -0.25) is 9.48 Å². The van der Waals surface area contributed by atoms with E-state index in [1.807, 2.05) is 17.0 Å². The lowest BCUT2D eigenvalue weighted by molar-refractivity contribution is -0.0246. The van der Waals surface area contributed by atoms with Crippen molar-refractivity contribution >= 4 is 11.7 Å². The number of amides is 1. The van der Waals surface area contributed by atoms with Gasteiger partial charge in [-0.2, -0.15) is 5.10 Å². The Hall–Kier alpha value is -2.41. The van der Waals surface area contributed by atoms with Crippen molar-refractivity contribution < 1.29 is 9.53 Å². The van der Waals surface area contributed by atoms with Crippen LogP contribution in [0, 0.1) is 0 Å². The number of carbonyl (C=O) groups is 1. The van der Waals surface area contributed by atoms with E-state index in [2.05, 4.69) is 10.1 Å². The molecule has 0 aliphatic carbocycles. The Balaban J connectivity index is 1.56. The number of aryl methyl sites for hydroxylation is 2.